The summed E-state index contributed by atoms with van der Waals surface area (Å²) < 4.78 is 1.52. The number of nitro groups is 1. The van der Waals surface area contributed by atoms with Crippen LogP contribution in [0.2, 0.25) is 0 Å². The predicted octanol–water partition coefficient (Wildman–Crippen LogP) is 1.24. The highest BCUT2D eigenvalue weighted by molar-refractivity contribution is 5.75. The van der Waals surface area contributed by atoms with Gasteiger partial charge in [-0.1, -0.05) is 13.8 Å². The molecule has 8 nitrogen and oxygen atoms in total. The first-order valence-electron chi connectivity index (χ1n) is 7.21. The summed E-state index contributed by atoms with van der Waals surface area (Å²) in [5.74, 6) is -0.0308. The Kier molecular flexibility index (Phi) is 5.65. The van der Waals surface area contributed by atoms with Crippen molar-refractivity contribution in [3.63, 3.8) is 0 Å². The first-order chi connectivity index (χ1) is 10.1. The van der Waals surface area contributed by atoms with E-state index < -0.39 is 4.92 Å². The van der Waals surface area contributed by atoms with Crippen LogP contribution in [0.15, 0.2) is 0 Å². The van der Waals surface area contributed by atoms with Crippen molar-refractivity contribution in [3.8, 4) is 0 Å². The normalized spacial score (nSPS) is 11.5. The fourth-order valence-electron chi connectivity index (χ4n) is 2.36. The highest BCUT2D eigenvalue weighted by atomic mass is 16.6. The molecule has 0 fully saturated rings. The molecule has 2 N–H and O–H groups in total. The fourth-order valence-corrected chi connectivity index (χ4v) is 2.36. The monoisotopic (exact) mass is 311 g/mol. The van der Waals surface area contributed by atoms with E-state index in [0.717, 1.165) is 0 Å². The van der Waals surface area contributed by atoms with Crippen LogP contribution in [0.25, 0.3) is 0 Å². The average Bonchev–Trinajstić information content (AvgIpc) is 2.70. The first kappa shape index (κ1) is 18.1. The molecule has 8 heteroatoms. The number of nitrogens with two attached hydrogens (primary N) is 1. The summed E-state index contributed by atoms with van der Waals surface area (Å²) in [5.41, 5.74) is 6.39. The quantitative estimate of drug-likeness (QED) is 0.602. The van der Waals surface area contributed by atoms with Crippen molar-refractivity contribution >= 4 is 11.6 Å². The zero-order valence-corrected chi connectivity index (χ0v) is 13.9. The van der Waals surface area contributed by atoms with Gasteiger partial charge in [-0.3, -0.25) is 19.6 Å². The summed E-state index contributed by atoms with van der Waals surface area (Å²) in [5, 5.41) is 15.1. The van der Waals surface area contributed by atoms with Crippen LogP contribution in [0, 0.1) is 29.4 Å². The lowest BCUT2D eigenvalue weighted by atomic mass is 9.93. The van der Waals surface area contributed by atoms with Crippen LogP contribution in [0.3, 0.4) is 0 Å². The lowest BCUT2D eigenvalue weighted by molar-refractivity contribution is -0.386. The molecule has 0 saturated heterocycles. The van der Waals surface area contributed by atoms with Gasteiger partial charge < -0.3 is 10.6 Å². The van der Waals surface area contributed by atoms with Crippen molar-refractivity contribution < 1.29 is 9.72 Å². The van der Waals surface area contributed by atoms with Crippen LogP contribution in [0.4, 0.5) is 5.69 Å². The van der Waals surface area contributed by atoms with Gasteiger partial charge in [0.2, 0.25) is 5.91 Å². The molecule has 0 atom stereocenters. The Morgan fingerprint density at radius 2 is 2.05 bits per heavy atom. The van der Waals surface area contributed by atoms with Crippen LogP contribution < -0.4 is 5.73 Å². The van der Waals surface area contributed by atoms with Gasteiger partial charge in [0, 0.05) is 20.0 Å². The van der Waals surface area contributed by atoms with E-state index in [1.54, 1.807) is 25.8 Å². The molecule has 124 valence electrons. The molecule has 0 saturated carbocycles. The molecule has 0 unspecified atom stereocenters. The van der Waals surface area contributed by atoms with Gasteiger partial charge in [-0.05, 0) is 25.8 Å². The highest BCUT2D eigenvalue weighted by Gasteiger charge is 2.23. The summed E-state index contributed by atoms with van der Waals surface area (Å²) in [4.78, 5) is 24.3. The summed E-state index contributed by atoms with van der Waals surface area (Å²) in [6, 6.07) is 0. The minimum absolute atomic E-state index is 0.0186. The van der Waals surface area contributed by atoms with Crippen molar-refractivity contribution in [1.82, 2.24) is 14.7 Å². The Morgan fingerprint density at radius 1 is 1.45 bits per heavy atom. The van der Waals surface area contributed by atoms with Gasteiger partial charge in [0.05, 0.1) is 11.5 Å². The number of aryl methyl sites for hydroxylation is 2. The molecule has 22 heavy (non-hydrogen) atoms. The highest BCUT2D eigenvalue weighted by Crippen LogP contribution is 2.22. The Labute approximate surface area is 130 Å². The van der Waals surface area contributed by atoms with Gasteiger partial charge in [-0.2, -0.15) is 5.10 Å². The molecule has 0 aliphatic rings. The lowest BCUT2D eigenvalue weighted by Crippen LogP contribution is -2.40. The van der Waals surface area contributed by atoms with E-state index in [1.807, 2.05) is 13.8 Å². The second-order valence-corrected chi connectivity index (χ2v) is 6.37. The smallest absolute Gasteiger partial charge is 0.312 e. The second-order valence-electron chi connectivity index (χ2n) is 6.37. The van der Waals surface area contributed by atoms with Crippen molar-refractivity contribution in [2.24, 2.45) is 11.1 Å². The molecule has 1 rings (SSSR count). The minimum atomic E-state index is -0.439. The number of carbonyl (C=O) groups excluding carboxylic acids is 1. The molecule has 0 bridgehead atoms. The summed E-state index contributed by atoms with van der Waals surface area (Å²) >= 11 is 0. The Hall–Kier alpha value is -1.96. The van der Waals surface area contributed by atoms with E-state index in [2.05, 4.69) is 5.10 Å². The molecule has 0 radical (unpaired) electrons. The van der Waals surface area contributed by atoms with Gasteiger partial charge in [-0.15, -0.1) is 0 Å². The standard InChI is InChI=1S/C14H25N5O3/c1-10-13(19(21)22)11(2)18(16-10)7-6-12(20)17(5)9-14(3,4)8-15/h6-9,15H2,1-5H3. The number of carbonyl (C=O) groups is 1. The average molecular weight is 311 g/mol. The van der Waals surface area contributed by atoms with Gasteiger partial charge in [0.25, 0.3) is 0 Å². The molecular formula is C14H25N5O3. The van der Waals surface area contributed by atoms with E-state index in [1.165, 1.54) is 4.68 Å². The van der Waals surface area contributed by atoms with Crippen molar-refractivity contribution in [1.29, 1.82) is 0 Å². The van der Waals surface area contributed by atoms with E-state index in [9.17, 15) is 14.9 Å². The maximum absolute atomic E-state index is 12.2. The lowest BCUT2D eigenvalue weighted by Gasteiger charge is -2.29. The third-order valence-electron chi connectivity index (χ3n) is 3.71. The predicted molar refractivity (Wildman–Crippen MR) is 83.4 cm³/mol. The summed E-state index contributed by atoms with van der Waals surface area (Å²) in [6.07, 6.45) is 0.246. The Balaban J connectivity index is 2.69. The minimum Gasteiger partial charge on any atom is -0.345 e. The van der Waals surface area contributed by atoms with Crippen molar-refractivity contribution in [2.45, 2.75) is 40.7 Å². The molecule has 1 aromatic heterocycles. The van der Waals surface area contributed by atoms with Crippen LogP contribution in [-0.2, 0) is 11.3 Å². The van der Waals surface area contributed by atoms with E-state index in [4.69, 9.17) is 5.73 Å². The van der Waals surface area contributed by atoms with Crippen LogP contribution in [-0.4, -0.2) is 45.6 Å². The van der Waals surface area contributed by atoms with E-state index in [-0.39, 0.29) is 23.4 Å². The van der Waals surface area contributed by atoms with E-state index in [0.29, 0.717) is 31.0 Å². The zero-order chi connectivity index (χ0) is 17.1. The second kappa shape index (κ2) is 6.87. The van der Waals surface area contributed by atoms with Gasteiger partial charge >= 0.3 is 5.69 Å². The van der Waals surface area contributed by atoms with Gasteiger partial charge in [0.15, 0.2) is 0 Å². The molecule has 0 spiro atoms. The van der Waals surface area contributed by atoms with E-state index >= 15 is 0 Å². The van der Waals surface area contributed by atoms with Crippen LogP contribution in [0.1, 0.15) is 31.7 Å². The Morgan fingerprint density at radius 3 is 2.50 bits per heavy atom. The number of rotatable bonds is 7. The maximum atomic E-state index is 12.2. The molecular weight excluding hydrogens is 286 g/mol. The third-order valence-corrected chi connectivity index (χ3v) is 3.71. The number of aromatic nitrogens is 2. The maximum Gasteiger partial charge on any atom is 0.312 e. The van der Waals surface area contributed by atoms with Gasteiger partial charge in [-0.25, -0.2) is 0 Å². The zero-order valence-electron chi connectivity index (χ0n) is 13.9. The molecule has 0 aliphatic carbocycles. The largest absolute Gasteiger partial charge is 0.345 e. The van der Waals surface area contributed by atoms with Crippen molar-refractivity contribution in [2.75, 3.05) is 20.1 Å². The van der Waals surface area contributed by atoms with Crippen LogP contribution in [0.5, 0.6) is 0 Å². The number of amides is 1. The fraction of sp³-hybridized carbons (Fsp3) is 0.714. The molecule has 1 amide bonds. The topological polar surface area (TPSA) is 107 Å². The number of hydrogen-bond donors (Lipinski definition) is 1. The molecule has 1 aromatic rings. The number of nitrogens with zero attached hydrogens (tertiary/aromatic N) is 4. The Bertz CT molecular complexity index is 565. The molecule has 0 aliphatic heterocycles. The summed E-state index contributed by atoms with van der Waals surface area (Å²) in [6.45, 7) is 8.63. The molecule has 1 heterocycles. The third kappa shape index (κ3) is 4.27. The number of hydrogen-bond acceptors (Lipinski definition) is 5. The molecule has 0 aromatic carbocycles. The summed E-state index contributed by atoms with van der Waals surface area (Å²) in [7, 11) is 1.74. The SMILES string of the molecule is Cc1nn(CCC(=O)N(C)CC(C)(C)CN)c(C)c1[N+](=O)[O-]. The van der Waals surface area contributed by atoms with Gasteiger partial charge in [0.1, 0.15) is 11.4 Å². The first-order valence-corrected chi connectivity index (χ1v) is 7.21. The van der Waals surface area contributed by atoms with Crippen molar-refractivity contribution in [3.05, 3.63) is 21.5 Å². The van der Waals surface area contributed by atoms with Crippen LogP contribution >= 0.6 is 0 Å².